The number of hydrogen-bond donors (Lipinski definition) is 1. The first-order valence-electron chi connectivity index (χ1n) is 8.77. The SMILES string of the molecule is CS(=O)(=O)NC(=O)c1cc(Cl)c(OC[C@H]2CCC(=O)N2c2ccc(Cl)cc2)cc1F. The minimum Gasteiger partial charge on any atom is -0.490 e. The molecule has 0 aliphatic carbocycles. The van der Waals surface area contributed by atoms with E-state index in [1.54, 1.807) is 33.9 Å². The van der Waals surface area contributed by atoms with Crippen molar-refractivity contribution in [3.63, 3.8) is 0 Å². The van der Waals surface area contributed by atoms with Gasteiger partial charge in [-0.25, -0.2) is 17.5 Å². The van der Waals surface area contributed by atoms with Crippen LogP contribution < -0.4 is 14.4 Å². The molecule has 11 heteroatoms. The van der Waals surface area contributed by atoms with Crippen molar-refractivity contribution in [1.29, 1.82) is 0 Å². The third-order valence-electron chi connectivity index (χ3n) is 4.41. The van der Waals surface area contributed by atoms with Gasteiger partial charge in [0.2, 0.25) is 15.9 Å². The van der Waals surface area contributed by atoms with E-state index in [0.717, 1.165) is 18.4 Å². The lowest BCUT2D eigenvalue weighted by Gasteiger charge is -2.25. The quantitative estimate of drug-likeness (QED) is 0.692. The number of halogens is 3. The Labute approximate surface area is 182 Å². The molecular weight excluding hydrogens is 458 g/mol. The van der Waals surface area contributed by atoms with Gasteiger partial charge in [-0.3, -0.25) is 9.59 Å². The van der Waals surface area contributed by atoms with Crippen LogP contribution in [0.3, 0.4) is 0 Å². The number of benzene rings is 2. The summed E-state index contributed by atoms with van der Waals surface area (Å²) in [5.74, 6) is -2.23. The van der Waals surface area contributed by atoms with Crippen molar-refractivity contribution in [3.8, 4) is 5.75 Å². The van der Waals surface area contributed by atoms with E-state index in [1.165, 1.54) is 0 Å². The molecule has 1 heterocycles. The van der Waals surface area contributed by atoms with Crippen molar-refractivity contribution in [2.45, 2.75) is 18.9 Å². The summed E-state index contributed by atoms with van der Waals surface area (Å²) in [6.07, 6.45) is 1.65. The van der Waals surface area contributed by atoms with Crippen LogP contribution in [0, 0.1) is 5.82 Å². The molecular formula is C19H17Cl2FN2O5S. The summed E-state index contributed by atoms with van der Waals surface area (Å²) in [5.41, 5.74) is 0.136. The molecule has 160 valence electrons. The molecule has 0 aromatic heterocycles. The van der Waals surface area contributed by atoms with Gasteiger partial charge < -0.3 is 9.64 Å². The van der Waals surface area contributed by atoms with Crippen LogP contribution in [0.25, 0.3) is 0 Å². The standard InChI is InChI=1S/C19H17Cl2FN2O5S/c1-30(27,28)23-19(26)14-8-15(21)17(9-16(14)22)29-10-13-6-7-18(25)24(13)12-4-2-11(20)3-5-12/h2-5,8-9,13H,6-7,10H2,1H3,(H,23,26)/t13-/m1/s1. The highest BCUT2D eigenvalue weighted by atomic mass is 35.5. The lowest BCUT2D eigenvalue weighted by Crippen LogP contribution is -2.37. The lowest BCUT2D eigenvalue weighted by molar-refractivity contribution is -0.117. The predicted octanol–water partition coefficient (Wildman–Crippen LogP) is 3.40. The maximum atomic E-state index is 14.3. The molecule has 0 bridgehead atoms. The van der Waals surface area contributed by atoms with Crippen LogP contribution in [0.15, 0.2) is 36.4 Å². The highest BCUT2D eigenvalue weighted by Crippen LogP contribution is 2.31. The maximum Gasteiger partial charge on any atom is 0.267 e. The van der Waals surface area contributed by atoms with Gasteiger partial charge in [0.15, 0.2) is 0 Å². The van der Waals surface area contributed by atoms with Crippen molar-refractivity contribution >= 4 is 50.7 Å². The minimum atomic E-state index is -3.86. The second-order valence-corrected chi connectivity index (χ2v) is 9.30. The van der Waals surface area contributed by atoms with Crippen molar-refractivity contribution in [2.24, 2.45) is 0 Å². The Kier molecular flexibility index (Phi) is 6.54. The van der Waals surface area contributed by atoms with Gasteiger partial charge in [0.1, 0.15) is 18.2 Å². The molecule has 1 fully saturated rings. The summed E-state index contributed by atoms with van der Waals surface area (Å²) in [4.78, 5) is 25.8. The Hall–Kier alpha value is -2.36. The lowest BCUT2D eigenvalue weighted by atomic mass is 10.2. The summed E-state index contributed by atoms with van der Waals surface area (Å²) in [6, 6.07) is 8.39. The number of ether oxygens (including phenoxy) is 1. The first-order valence-corrected chi connectivity index (χ1v) is 11.4. The van der Waals surface area contributed by atoms with Crippen LogP contribution in [-0.4, -0.2) is 39.1 Å². The van der Waals surface area contributed by atoms with Crippen LogP contribution in [0.2, 0.25) is 10.0 Å². The summed E-state index contributed by atoms with van der Waals surface area (Å²) in [5, 5.41) is 0.470. The smallest absolute Gasteiger partial charge is 0.267 e. The summed E-state index contributed by atoms with van der Waals surface area (Å²) in [6.45, 7) is 0.0441. The fraction of sp³-hybridized carbons (Fsp3) is 0.263. The topological polar surface area (TPSA) is 92.8 Å². The Morgan fingerprint density at radius 1 is 1.27 bits per heavy atom. The molecule has 1 aliphatic heterocycles. The highest BCUT2D eigenvalue weighted by molar-refractivity contribution is 7.89. The van der Waals surface area contributed by atoms with Crippen LogP contribution in [0.1, 0.15) is 23.2 Å². The number of hydrogen-bond acceptors (Lipinski definition) is 5. The van der Waals surface area contributed by atoms with Crippen LogP contribution in [-0.2, 0) is 14.8 Å². The van der Waals surface area contributed by atoms with Gasteiger partial charge in [-0.1, -0.05) is 23.2 Å². The van der Waals surface area contributed by atoms with E-state index in [4.69, 9.17) is 27.9 Å². The second kappa shape index (κ2) is 8.79. The zero-order valence-corrected chi connectivity index (χ0v) is 18.0. The molecule has 2 aromatic carbocycles. The third kappa shape index (κ3) is 5.21. The van der Waals surface area contributed by atoms with Crippen molar-refractivity contribution in [2.75, 3.05) is 17.8 Å². The number of amides is 2. The fourth-order valence-electron chi connectivity index (χ4n) is 3.08. The average Bonchev–Trinajstić information content (AvgIpc) is 3.02. The minimum absolute atomic E-state index is 0.0273. The highest BCUT2D eigenvalue weighted by Gasteiger charge is 2.33. The third-order valence-corrected chi connectivity index (χ3v) is 5.51. The van der Waals surface area contributed by atoms with Gasteiger partial charge in [-0.2, -0.15) is 0 Å². The van der Waals surface area contributed by atoms with Crippen LogP contribution in [0.4, 0.5) is 10.1 Å². The molecule has 1 aliphatic rings. The Morgan fingerprint density at radius 3 is 2.57 bits per heavy atom. The Balaban J connectivity index is 1.75. The van der Waals surface area contributed by atoms with E-state index in [0.29, 0.717) is 23.6 Å². The Morgan fingerprint density at radius 2 is 1.93 bits per heavy atom. The van der Waals surface area contributed by atoms with E-state index in [1.807, 2.05) is 0 Å². The number of anilines is 1. The molecule has 7 nitrogen and oxygen atoms in total. The molecule has 0 unspecified atom stereocenters. The van der Waals surface area contributed by atoms with E-state index in [-0.39, 0.29) is 29.3 Å². The molecule has 0 radical (unpaired) electrons. The fourth-order valence-corrected chi connectivity index (χ4v) is 3.87. The van der Waals surface area contributed by atoms with E-state index < -0.39 is 27.3 Å². The first-order chi connectivity index (χ1) is 14.0. The zero-order valence-electron chi connectivity index (χ0n) is 15.7. The molecule has 2 amide bonds. The van der Waals surface area contributed by atoms with Crippen LogP contribution >= 0.6 is 23.2 Å². The number of carbonyl (C=O) groups excluding carboxylic acids is 2. The van der Waals surface area contributed by atoms with Gasteiger partial charge in [-0.05, 0) is 36.8 Å². The van der Waals surface area contributed by atoms with Gasteiger partial charge in [0.25, 0.3) is 5.91 Å². The molecule has 1 saturated heterocycles. The predicted molar refractivity (Wildman–Crippen MR) is 111 cm³/mol. The monoisotopic (exact) mass is 474 g/mol. The molecule has 0 saturated carbocycles. The number of nitrogens with zero attached hydrogens (tertiary/aromatic N) is 1. The van der Waals surface area contributed by atoms with Gasteiger partial charge >= 0.3 is 0 Å². The van der Waals surface area contributed by atoms with Crippen molar-refractivity contribution < 1.29 is 27.1 Å². The molecule has 30 heavy (non-hydrogen) atoms. The maximum absolute atomic E-state index is 14.3. The van der Waals surface area contributed by atoms with Crippen molar-refractivity contribution in [1.82, 2.24) is 4.72 Å². The molecule has 2 aromatic rings. The van der Waals surface area contributed by atoms with E-state index in [9.17, 15) is 22.4 Å². The largest absolute Gasteiger partial charge is 0.490 e. The second-order valence-electron chi connectivity index (χ2n) is 6.71. The summed E-state index contributed by atoms with van der Waals surface area (Å²) in [7, 11) is -3.86. The number of rotatable bonds is 6. The van der Waals surface area contributed by atoms with Crippen LogP contribution in [0.5, 0.6) is 5.75 Å². The summed E-state index contributed by atoms with van der Waals surface area (Å²) >= 11 is 12.0. The van der Waals surface area contributed by atoms with E-state index in [2.05, 4.69) is 0 Å². The molecule has 0 spiro atoms. The first kappa shape index (κ1) is 22.3. The van der Waals surface area contributed by atoms with E-state index >= 15 is 0 Å². The normalized spacial score (nSPS) is 16.6. The van der Waals surface area contributed by atoms with Gasteiger partial charge in [-0.15, -0.1) is 0 Å². The van der Waals surface area contributed by atoms with Gasteiger partial charge in [0, 0.05) is 23.2 Å². The molecule has 3 rings (SSSR count). The number of nitrogens with one attached hydrogen (secondary N) is 1. The molecule has 1 atom stereocenters. The number of carbonyl (C=O) groups is 2. The van der Waals surface area contributed by atoms with Gasteiger partial charge in [0.05, 0.1) is 22.9 Å². The van der Waals surface area contributed by atoms with Crippen molar-refractivity contribution in [3.05, 3.63) is 57.8 Å². The average molecular weight is 475 g/mol. The zero-order chi connectivity index (χ0) is 22.1. The number of sulfonamides is 1. The summed E-state index contributed by atoms with van der Waals surface area (Å²) < 4.78 is 44.0. The molecule has 1 N–H and O–H groups in total. The Bertz CT molecular complexity index is 1090.